The minimum Gasteiger partial charge on any atom is -0.352 e. The van der Waals surface area contributed by atoms with Crippen LogP contribution in [0.1, 0.15) is 13.8 Å². The maximum atomic E-state index is 4.92. The Labute approximate surface area is 79.1 Å². The Morgan fingerprint density at radius 3 is 1.83 bits per heavy atom. The van der Waals surface area contributed by atoms with Gasteiger partial charge in [-0.15, -0.1) is 11.8 Å². The fourth-order valence-electron chi connectivity index (χ4n) is 0.488. The van der Waals surface area contributed by atoms with Gasteiger partial charge in [0, 0.05) is 0 Å². The molecule has 0 atom stereocenters. The highest BCUT2D eigenvalue weighted by Crippen LogP contribution is 1.65. The largest absolute Gasteiger partial charge is 0.352 e. The third kappa shape index (κ3) is 6.92. The molecule has 0 heterocycles. The number of thiocarbonyl (C=S) groups is 1. The van der Waals surface area contributed by atoms with Crippen LogP contribution in [0, 0.1) is 23.7 Å². The van der Waals surface area contributed by atoms with Gasteiger partial charge in [0.1, 0.15) is 0 Å². The molecule has 0 saturated heterocycles. The first-order chi connectivity index (χ1) is 5.81. The molecule has 0 aliphatic carbocycles. The van der Waals surface area contributed by atoms with Gasteiger partial charge in [0.25, 0.3) is 0 Å². The Bertz CT molecular complexity index is 223. The molecule has 0 radical (unpaired) electrons. The Hall–Kier alpha value is -1.19. The van der Waals surface area contributed by atoms with Gasteiger partial charge in [-0.1, -0.05) is 11.8 Å². The van der Waals surface area contributed by atoms with Gasteiger partial charge in [-0.3, -0.25) is 0 Å². The SMILES string of the molecule is CC#CCNC(=S)NCC#CC. The molecule has 0 saturated carbocycles. The van der Waals surface area contributed by atoms with Crippen molar-refractivity contribution in [3.63, 3.8) is 0 Å². The van der Waals surface area contributed by atoms with Crippen molar-refractivity contribution in [2.24, 2.45) is 0 Å². The van der Waals surface area contributed by atoms with Crippen molar-refractivity contribution in [2.75, 3.05) is 13.1 Å². The van der Waals surface area contributed by atoms with E-state index in [-0.39, 0.29) is 0 Å². The molecule has 0 unspecified atom stereocenters. The van der Waals surface area contributed by atoms with Crippen molar-refractivity contribution in [2.45, 2.75) is 13.8 Å². The summed E-state index contributed by atoms with van der Waals surface area (Å²) in [5, 5.41) is 6.44. The summed E-state index contributed by atoms with van der Waals surface area (Å²) in [7, 11) is 0. The fourth-order valence-corrected chi connectivity index (χ4v) is 0.633. The van der Waals surface area contributed by atoms with E-state index in [9.17, 15) is 0 Å². The first-order valence-corrected chi connectivity index (χ1v) is 4.03. The van der Waals surface area contributed by atoms with Gasteiger partial charge in [-0.05, 0) is 26.1 Å². The predicted octanol–water partition coefficient (Wildman–Crippen LogP) is 0.497. The number of nitrogens with one attached hydrogen (secondary N) is 2. The van der Waals surface area contributed by atoms with Crippen LogP contribution in [-0.4, -0.2) is 18.2 Å². The Morgan fingerprint density at radius 1 is 1.08 bits per heavy atom. The summed E-state index contributed by atoms with van der Waals surface area (Å²) in [6.45, 7) is 4.76. The monoisotopic (exact) mass is 180 g/mol. The highest BCUT2D eigenvalue weighted by Gasteiger charge is 1.87. The van der Waals surface area contributed by atoms with Crippen LogP contribution < -0.4 is 10.6 Å². The summed E-state index contributed by atoms with van der Waals surface area (Å²) >= 11 is 4.92. The van der Waals surface area contributed by atoms with Crippen molar-refractivity contribution in [1.82, 2.24) is 10.6 Å². The van der Waals surface area contributed by atoms with Crippen LogP contribution in [0.3, 0.4) is 0 Å². The van der Waals surface area contributed by atoms with E-state index in [4.69, 9.17) is 12.2 Å². The van der Waals surface area contributed by atoms with Crippen LogP contribution in [0.4, 0.5) is 0 Å². The molecule has 0 aromatic rings. The Morgan fingerprint density at radius 2 is 1.50 bits per heavy atom. The van der Waals surface area contributed by atoms with Crippen molar-refractivity contribution in [1.29, 1.82) is 0 Å². The second kappa shape index (κ2) is 7.91. The van der Waals surface area contributed by atoms with Crippen LogP contribution >= 0.6 is 12.2 Å². The lowest BCUT2D eigenvalue weighted by Crippen LogP contribution is -2.35. The van der Waals surface area contributed by atoms with Gasteiger partial charge < -0.3 is 10.6 Å². The molecule has 0 aromatic carbocycles. The fraction of sp³-hybridized carbons (Fsp3) is 0.444. The van der Waals surface area contributed by atoms with Crippen molar-refractivity contribution in [3.05, 3.63) is 0 Å². The van der Waals surface area contributed by atoms with Crippen molar-refractivity contribution < 1.29 is 0 Å². The van der Waals surface area contributed by atoms with E-state index in [0.29, 0.717) is 18.2 Å². The number of rotatable bonds is 2. The van der Waals surface area contributed by atoms with Gasteiger partial charge >= 0.3 is 0 Å². The van der Waals surface area contributed by atoms with Gasteiger partial charge in [-0.25, -0.2) is 0 Å². The van der Waals surface area contributed by atoms with E-state index >= 15 is 0 Å². The molecule has 0 rings (SSSR count). The maximum absolute atomic E-state index is 4.92. The van der Waals surface area contributed by atoms with E-state index < -0.39 is 0 Å². The molecule has 0 fully saturated rings. The third-order valence-corrected chi connectivity index (χ3v) is 1.32. The molecule has 0 aromatic heterocycles. The minimum atomic E-state index is 0.585. The lowest BCUT2D eigenvalue weighted by atomic mass is 10.6. The molecule has 3 heteroatoms. The van der Waals surface area contributed by atoms with Gasteiger partial charge in [0.15, 0.2) is 5.11 Å². The molecule has 0 amide bonds. The summed E-state index contributed by atoms with van der Waals surface area (Å²) in [6, 6.07) is 0. The molecule has 12 heavy (non-hydrogen) atoms. The van der Waals surface area contributed by atoms with E-state index in [1.165, 1.54) is 0 Å². The van der Waals surface area contributed by atoms with Crippen LogP contribution in [-0.2, 0) is 0 Å². The van der Waals surface area contributed by atoms with E-state index in [1.807, 2.05) is 0 Å². The van der Waals surface area contributed by atoms with Crippen LogP contribution in [0.15, 0.2) is 0 Å². The second-order valence-corrected chi connectivity index (χ2v) is 2.30. The minimum absolute atomic E-state index is 0.585. The molecule has 0 aliphatic heterocycles. The molecule has 0 bridgehead atoms. The van der Waals surface area contributed by atoms with Crippen LogP contribution in [0.25, 0.3) is 0 Å². The quantitative estimate of drug-likeness (QED) is 0.478. The third-order valence-electron chi connectivity index (χ3n) is 1.03. The predicted molar refractivity (Wildman–Crippen MR) is 55.5 cm³/mol. The van der Waals surface area contributed by atoms with E-state index in [0.717, 1.165) is 0 Å². The van der Waals surface area contributed by atoms with E-state index in [2.05, 4.69) is 34.3 Å². The molecule has 2 nitrogen and oxygen atoms in total. The first-order valence-electron chi connectivity index (χ1n) is 3.62. The van der Waals surface area contributed by atoms with E-state index in [1.54, 1.807) is 13.8 Å². The normalized spacial score (nSPS) is 6.83. The second-order valence-electron chi connectivity index (χ2n) is 1.89. The zero-order valence-electron chi connectivity index (χ0n) is 7.32. The average Bonchev–Trinajstić information content (AvgIpc) is 2.06. The van der Waals surface area contributed by atoms with Crippen LogP contribution in [0.2, 0.25) is 0 Å². The average molecular weight is 180 g/mol. The summed E-state index contributed by atoms with van der Waals surface area (Å²) in [5.74, 6) is 11.2. The molecular formula is C9H12N2S. The molecule has 64 valence electrons. The lowest BCUT2D eigenvalue weighted by molar-refractivity contribution is 0.968. The van der Waals surface area contributed by atoms with Gasteiger partial charge in [0.2, 0.25) is 0 Å². The molecular weight excluding hydrogens is 168 g/mol. The Kier molecular flexibility index (Phi) is 7.13. The van der Waals surface area contributed by atoms with Gasteiger partial charge in [-0.2, -0.15) is 0 Å². The smallest absolute Gasteiger partial charge is 0.167 e. The van der Waals surface area contributed by atoms with Crippen molar-refractivity contribution in [3.8, 4) is 23.7 Å². The van der Waals surface area contributed by atoms with Crippen molar-refractivity contribution >= 4 is 17.3 Å². The maximum Gasteiger partial charge on any atom is 0.167 e. The first kappa shape index (κ1) is 10.8. The Balaban J connectivity index is 3.42. The standard InChI is InChI=1S/C9H12N2S/c1-3-5-7-10-9(12)11-8-6-4-2/h7-8H2,1-2H3,(H2,10,11,12). The molecule has 2 N–H and O–H groups in total. The summed E-state index contributed by atoms with van der Waals surface area (Å²) in [6.07, 6.45) is 0. The zero-order chi connectivity index (χ0) is 9.23. The summed E-state index contributed by atoms with van der Waals surface area (Å²) in [5.41, 5.74) is 0. The van der Waals surface area contributed by atoms with Crippen LogP contribution in [0.5, 0.6) is 0 Å². The number of hydrogen-bond acceptors (Lipinski definition) is 1. The summed E-state index contributed by atoms with van der Waals surface area (Å²) < 4.78 is 0. The number of hydrogen-bond donors (Lipinski definition) is 2. The van der Waals surface area contributed by atoms with Gasteiger partial charge in [0.05, 0.1) is 13.1 Å². The topological polar surface area (TPSA) is 24.1 Å². The zero-order valence-corrected chi connectivity index (χ0v) is 8.14. The lowest BCUT2D eigenvalue weighted by Gasteiger charge is -2.03. The molecule has 0 spiro atoms. The highest BCUT2D eigenvalue weighted by atomic mass is 32.1. The summed E-state index contributed by atoms with van der Waals surface area (Å²) in [4.78, 5) is 0. The molecule has 0 aliphatic rings. The highest BCUT2D eigenvalue weighted by molar-refractivity contribution is 7.80.